The van der Waals surface area contributed by atoms with Gasteiger partial charge in [-0.3, -0.25) is 9.36 Å². The topological polar surface area (TPSA) is 68.9 Å². The lowest BCUT2D eigenvalue weighted by Crippen LogP contribution is -2.31. The third-order valence-corrected chi connectivity index (χ3v) is 3.35. The number of aromatic nitrogens is 3. The number of halogens is 4. The summed E-state index contributed by atoms with van der Waals surface area (Å²) in [6.07, 6.45) is -4.72. The molecule has 0 spiro atoms. The van der Waals surface area contributed by atoms with Crippen molar-refractivity contribution in [2.24, 2.45) is 7.05 Å². The Balaban J connectivity index is 2.04. The van der Waals surface area contributed by atoms with Gasteiger partial charge in [0.05, 0.1) is 17.1 Å². The van der Waals surface area contributed by atoms with Crippen LogP contribution in [0.4, 0.5) is 13.2 Å². The van der Waals surface area contributed by atoms with Crippen molar-refractivity contribution in [2.45, 2.75) is 12.7 Å². The van der Waals surface area contributed by atoms with Crippen LogP contribution in [0.3, 0.4) is 0 Å². The van der Waals surface area contributed by atoms with Gasteiger partial charge < -0.3 is 5.32 Å². The molecule has 0 aliphatic heterocycles. The van der Waals surface area contributed by atoms with E-state index >= 15 is 0 Å². The zero-order valence-electron chi connectivity index (χ0n) is 11.9. The summed E-state index contributed by atoms with van der Waals surface area (Å²) in [5.41, 5.74) is -0.678. The summed E-state index contributed by atoms with van der Waals surface area (Å²) in [6, 6.07) is 6.33. The molecule has 6 nitrogen and oxygen atoms in total. The van der Waals surface area contributed by atoms with E-state index in [1.165, 1.54) is 12.1 Å². The molecule has 0 fully saturated rings. The van der Waals surface area contributed by atoms with Gasteiger partial charge in [-0.15, -0.1) is 5.10 Å². The Morgan fingerprint density at radius 2 is 2.00 bits per heavy atom. The third-order valence-electron chi connectivity index (χ3n) is 3.02. The van der Waals surface area contributed by atoms with Crippen molar-refractivity contribution < 1.29 is 18.0 Å². The molecule has 0 unspecified atom stereocenters. The lowest BCUT2D eigenvalue weighted by molar-refractivity contribution is -0.147. The van der Waals surface area contributed by atoms with E-state index in [0.717, 1.165) is 7.05 Å². The van der Waals surface area contributed by atoms with Crippen LogP contribution in [0.25, 0.3) is 0 Å². The average Bonchev–Trinajstić information content (AvgIpc) is 2.76. The molecule has 0 saturated heterocycles. The number of nitrogens with zero attached hydrogens (tertiary/aromatic N) is 3. The van der Waals surface area contributed by atoms with Crippen LogP contribution < -0.4 is 11.0 Å². The zero-order chi connectivity index (χ0) is 17.2. The van der Waals surface area contributed by atoms with Crippen LogP contribution in [-0.2, 0) is 19.8 Å². The van der Waals surface area contributed by atoms with Gasteiger partial charge in [-0.05, 0) is 12.1 Å². The summed E-state index contributed by atoms with van der Waals surface area (Å²) < 4.78 is 39.0. The number of hydrogen-bond donors (Lipinski definition) is 1. The summed E-state index contributed by atoms with van der Waals surface area (Å²) in [7, 11) is 0.983. The molecule has 0 aliphatic carbocycles. The van der Waals surface area contributed by atoms with Gasteiger partial charge in [-0.1, -0.05) is 23.7 Å². The largest absolute Gasteiger partial charge is 0.451 e. The maximum absolute atomic E-state index is 12.6. The first kappa shape index (κ1) is 17.1. The molecule has 2 aromatic rings. The Morgan fingerprint density at radius 1 is 1.35 bits per heavy atom. The lowest BCUT2D eigenvalue weighted by Gasteiger charge is -2.06. The predicted octanol–water partition coefficient (Wildman–Crippen LogP) is 1.68. The minimum absolute atomic E-state index is 0.0712. The number of rotatable bonds is 4. The molecule has 1 amide bonds. The van der Waals surface area contributed by atoms with Gasteiger partial charge in [-0.2, -0.15) is 13.2 Å². The molecule has 0 atom stereocenters. The van der Waals surface area contributed by atoms with E-state index in [0.29, 0.717) is 9.25 Å². The lowest BCUT2D eigenvalue weighted by atomic mass is 10.2. The number of hydrogen-bond acceptors (Lipinski definition) is 3. The molecule has 0 radical (unpaired) electrons. The predicted molar refractivity (Wildman–Crippen MR) is 76.3 cm³/mol. The maximum Gasteiger partial charge on any atom is 0.451 e. The molecule has 2 rings (SSSR count). The number of nitrogens with one attached hydrogen (secondary N) is 1. The molecule has 0 saturated carbocycles. The maximum atomic E-state index is 12.6. The first-order valence-electron chi connectivity index (χ1n) is 6.45. The quantitative estimate of drug-likeness (QED) is 0.914. The Labute approximate surface area is 133 Å². The van der Waals surface area contributed by atoms with E-state index in [1.807, 2.05) is 0 Å². The molecule has 23 heavy (non-hydrogen) atoms. The number of amides is 1. The first-order valence-corrected chi connectivity index (χ1v) is 6.83. The van der Waals surface area contributed by atoms with Crippen LogP contribution in [0, 0.1) is 0 Å². The SMILES string of the molecule is Cn1c(C(F)(F)F)nn(CCNC(=O)c2ccccc2Cl)c1=O. The van der Waals surface area contributed by atoms with Crippen molar-refractivity contribution in [3.8, 4) is 0 Å². The van der Waals surface area contributed by atoms with Crippen molar-refractivity contribution >= 4 is 17.5 Å². The Kier molecular flexibility index (Phi) is 4.79. The molecule has 1 aromatic carbocycles. The van der Waals surface area contributed by atoms with E-state index in [4.69, 9.17) is 11.6 Å². The van der Waals surface area contributed by atoms with Gasteiger partial charge in [0.25, 0.3) is 5.91 Å². The van der Waals surface area contributed by atoms with Gasteiger partial charge in [0, 0.05) is 13.6 Å². The number of carbonyl (C=O) groups is 1. The second-order valence-electron chi connectivity index (χ2n) is 4.62. The van der Waals surface area contributed by atoms with E-state index in [9.17, 15) is 22.8 Å². The number of carbonyl (C=O) groups excluding carboxylic acids is 1. The van der Waals surface area contributed by atoms with E-state index < -0.39 is 23.6 Å². The fourth-order valence-corrected chi connectivity index (χ4v) is 2.12. The summed E-state index contributed by atoms with van der Waals surface area (Å²) in [5.74, 6) is -1.78. The van der Waals surface area contributed by atoms with E-state index in [1.54, 1.807) is 12.1 Å². The van der Waals surface area contributed by atoms with Crippen molar-refractivity contribution in [3.05, 3.63) is 51.2 Å². The second kappa shape index (κ2) is 6.45. The normalized spacial score (nSPS) is 11.5. The monoisotopic (exact) mass is 348 g/mol. The minimum Gasteiger partial charge on any atom is -0.350 e. The van der Waals surface area contributed by atoms with Crippen LogP contribution in [0.2, 0.25) is 5.02 Å². The number of alkyl halides is 3. The van der Waals surface area contributed by atoms with Crippen molar-refractivity contribution in [3.63, 3.8) is 0 Å². The summed E-state index contributed by atoms with van der Waals surface area (Å²) >= 11 is 5.86. The van der Waals surface area contributed by atoms with Crippen LogP contribution in [0.15, 0.2) is 29.1 Å². The summed E-state index contributed by atoms with van der Waals surface area (Å²) in [4.78, 5) is 23.5. The fourth-order valence-electron chi connectivity index (χ4n) is 1.90. The Hall–Kier alpha value is -2.29. The molecule has 0 bridgehead atoms. The highest BCUT2D eigenvalue weighted by Gasteiger charge is 2.37. The zero-order valence-corrected chi connectivity index (χ0v) is 12.6. The van der Waals surface area contributed by atoms with Gasteiger partial charge in [0.2, 0.25) is 5.82 Å². The Morgan fingerprint density at radius 3 is 2.57 bits per heavy atom. The molecule has 1 N–H and O–H groups in total. The third kappa shape index (κ3) is 3.73. The molecule has 0 aliphatic rings. The van der Waals surface area contributed by atoms with Gasteiger partial charge in [0.1, 0.15) is 0 Å². The first-order chi connectivity index (χ1) is 10.7. The summed E-state index contributed by atoms with van der Waals surface area (Å²) in [5, 5.41) is 5.95. The molecule has 10 heteroatoms. The van der Waals surface area contributed by atoms with Crippen LogP contribution >= 0.6 is 11.6 Å². The van der Waals surface area contributed by atoms with Crippen LogP contribution in [-0.4, -0.2) is 26.8 Å². The Bertz CT molecular complexity index is 782. The van der Waals surface area contributed by atoms with Crippen LogP contribution in [0.5, 0.6) is 0 Å². The number of benzene rings is 1. The fraction of sp³-hybridized carbons (Fsp3) is 0.308. The van der Waals surface area contributed by atoms with Crippen molar-refractivity contribution in [1.29, 1.82) is 0 Å². The van der Waals surface area contributed by atoms with Gasteiger partial charge >= 0.3 is 11.9 Å². The minimum atomic E-state index is -4.72. The second-order valence-corrected chi connectivity index (χ2v) is 5.03. The molecule has 124 valence electrons. The van der Waals surface area contributed by atoms with Gasteiger partial charge in [0.15, 0.2) is 0 Å². The van der Waals surface area contributed by atoms with Crippen LogP contribution in [0.1, 0.15) is 16.2 Å². The molecule has 1 heterocycles. The van der Waals surface area contributed by atoms with E-state index in [-0.39, 0.29) is 23.7 Å². The standard InChI is InChI=1S/C13H12ClF3N4O2/c1-20-11(13(15,16)17)19-21(12(20)23)7-6-18-10(22)8-4-2-3-5-9(8)14/h2-5H,6-7H2,1H3,(H,18,22). The average molecular weight is 349 g/mol. The molecular weight excluding hydrogens is 337 g/mol. The smallest absolute Gasteiger partial charge is 0.350 e. The summed E-state index contributed by atoms with van der Waals surface area (Å²) in [6.45, 7) is -0.267. The molecule has 1 aromatic heterocycles. The highest BCUT2D eigenvalue weighted by molar-refractivity contribution is 6.33. The molecular formula is C13H12ClF3N4O2. The highest BCUT2D eigenvalue weighted by atomic mass is 35.5. The van der Waals surface area contributed by atoms with Crippen molar-refractivity contribution in [1.82, 2.24) is 19.7 Å². The van der Waals surface area contributed by atoms with Gasteiger partial charge in [-0.25, -0.2) is 9.48 Å². The highest BCUT2D eigenvalue weighted by Crippen LogP contribution is 2.25. The van der Waals surface area contributed by atoms with E-state index in [2.05, 4.69) is 10.4 Å². The van der Waals surface area contributed by atoms with Crippen molar-refractivity contribution in [2.75, 3.05) is 6.54 Å².